The minimum absolute atomic E-state index is 0.185. The molecule has 0 saturated heterocycles. The van der Waals surface area contributed by atoms with Crippen LogP contribution in [0.25, 0.3) is 0 Å². The Labute approximate surface area is 298 Å². The van der Waals surface area contributed by atoms with Gasteiger partial charge in [0.15, 0.2) is 0 Å². The van der Waals surface area contributed by atoms with Gasteiger partial charge in [0.2, 0.25) is 0 Å². The van der Waals surface area contributed by atoms with Crippen molar-refractivity contribution in [3.8, 4) is 0 Å². The Bertz CT molecular complexity index is 635. The number of quaternary nitrogens is 1. The first-order valence-electron chi connectivity index (χ1n) is 20.4. The molecule has 0 radical (unpaired) electrons. The number of alkyl halides is 1. The molecule has 0 aromatic heterocycles. The summed E-state index contributed by atoms with van der Waals surface area (Å²) in [5, 5.41) is 0. The molecule has 0 bridgehead atoms. The van der Waals surface area contributed by atoms with Gasteiger partial charge in [-0.05, 0) is 80.1 Å². The van der Waals surface area contributed by atoms with Crippen molar-refractivity contribution in [2.75, 3.05) is 45.9 Å². The maximum absolute atomic E-state index is 6.36. The van der Waals surface area contributed by atoms with Crippen molar-refractivity contribution in [3.05, 3.63) is 24.3 Å². The van der Waals surface area contributed by atoms with Gasteiger partial charge in [0.25, 0.3) is 0 Å². The first-order valence-corrected chi connectivity index (χ1v) is 21.5. The Balaban J connectivity index is 3.72. The fraction of sp³-hybridized carbons (Fsp3) is 0.905. The Morgan fingerprint density at radius 2 is 0.826 bits per heavy atom. The lowest BCUT2D eigenvalue weighted by atomic mass is 10.1. The zero-order valence-corrected chi connectivity index (χ0v) is 33.4. The van der Waals surface area contributed by atoms with Crippen LogP contribution in [-0.4, -0.2) is 56.5 Å². The lowest BCUT2D eigenvalue weighted by molar-refractivity contribution is -0.879. The van der Waals surface area contributed by atoms with Gasteiger partial charge in [0, 0.05) is 13.2 Å². The summed E-state index contributed by atoms with van der Waals surface area (Å²) in [6.07, 6.45) is 47.5. The van der Waals surface area contributed by atoms with Crippen LogP contribution in [0, 0.1) is 0 Å². The monoisotopic (exact) mass is 713 g/mol. The molecule has 0 spiro atoms. The largest absolute Gasteiger partial charge is 0.379 e. The average molecular weight is 714 g/mol. The Kier molecular flexibility index (Phi) is 37.5. The molecule has 0 aliphatic rings. The van der Waals surface area contributed by atoms with Gasteiger partial charge < -0.3 is 14.0 Å². The molecule has 0 amide bonds. The summed E-state index contributed by atoms with van der Waals surface area (Å²) < 4.78 is 13.4. The quantitative estimate of drug-likeness (QED) is 0.0208. The van der Waals surface area contributed by atoms with E-state index in [1.165, 1.54) is 180 Å². The van der Waals surface area contributed by atoms with Crippen LogP contribution in [0.3, 0.4) is 0 Å². The molecule has 0 aromatic rings. The van der Waals surface area contributed by atoms with Gasteiger partial charge in [-0.3, -0.25) is 0 Å². The number of ether oxygens (including phenoxy) is 2. The number of allylic oxidation sites excluding steroid dienone is 4. The zero-order chi connectivity index (χ0) is 33.7. The topological polar surface area (TPSA) is 18.5 Å². The van der Waals surface area contributed by atoms with E-state index in [9.17, 15) is 0 Å². The third-order valence-corrected chi connectivity index (χ3v) is 10.5. The predicted octanol–water partition coefficient (Wildman–Crippen LogP) is 13.9. The van der Waals surface area contributed by atoms with E-state index in [1.807, 2.05) is 0 Å². The molecule has 1 atom stereocenters. The van der Waals surface area contributed by atoms with E-state index in [2.05, 4.69) is 68.2 Å². The van der Waals surface area contributed by atoms with Gasteiger partial charge in [-0.15, -0.1) is 0 Å². The number of hydrogen-bond donors (Lipinski definition) is 0. The molecular weight excluding hydrogens is 630 g/mol. The normalized spacial score (nSPS) is 13.1. The average Bonchev–Trinajstić information content (AvgIpc) is 3.05. The summed E-state index contributed by atoms with van der Waals surface area (Å²) in [5.41, 5.74) is 0.940. The third-order valence-electron chi connectivity index (χ3n) is 9.14. The van der Waals surface area contributed by atoms with Crippen LogP contribution in [-0.2, 0) is 9.47 Å². The fourth-order valence-electron chi connectivity index (χ4n) is 6.02. The number of halogens is 1. The van der Waals surface area contributed by atoms with Gasteiger partial charge in [-0.1, -0.05) is 154 Å². The van der Waals surface area contributed by atoms with Crippen molar-refractivity contribution in [3.63, 3.8) is 0 Å². The first-order chi connectivity index (χ1) is 22.6. The van der Waals surface area contributed by atoms with Crippen molar-refractivity contribution in [1.29, 1.82) is 0 Å². The van der Waals surface area contributed by atoms with E-state index in [-0.39, 0.29) is 6.10 Å². The molecule has 0 aliphatic carbocycles. The van der Waals surface area contributed by atoms with Gasteiger partial charge in [0.05, 0.1) is 20.7 Å². The summed E-state index contributed by atoms with van der Waals surface area (Å²) in [4.78, 5) is 0. The van der Waals surface area contributed by atoms with Crippen LogP contribution in [0.2, 0.25) is 0 Å². The molecule has 0 aliphatic heterocycles. The highest BCUT2D eigenvalue weighted by Gasteiger charge is 2.22. The van der Waals surface area contributed by atoms with Crippen molar-refractivity contribution >= 4 is 15.9 Å². The Morgan fingerprint density at radius 3 is 1.22 bits per heavy atom. The second kappa shape index (κ2) is 37.7. The highest BCUT2D eigenvalue weighted by atomic mass is 79.9. The van der Waals surface area contributed by atoms with E-state index >= 15 is 0 Å². The van der Waals surface area contributed by atoms with Crippen molar-refractivity contribution in [1.82, 2.24) is 0 Å². The van der Waals surface area contributed by atoms with Crippen LogP contribution in [0.5, 0.6) is 0 Å². The second-order valence-electron chi connectivity index (χ2n) is 14.7. The summed E-state index contributed by atoms with van der Waals surface area (Å²) in [6.45, 7) is 8.04. The summed E-state index contributed by atoms with van der Waals surface area (Å²) in [6, 6.07) is 0. The number of likely N-dealkylation sites (N-methyl/N-ethyl adjacent to an activating group) is 1. The van der Waals surface area contributed by atoms with Gasteiger partial charge in [0.1, 0.15) is 18.1 Å². The fourth-order valence-corrected chi connectivity index (χ4v) is 6.22. The molecule has 0 aromatic carbocycles. The van der Waals surface area contributed by atoms with Crippen LogP contribution in [0.1, 0.15) is 194 Å². The number of nitrogens with zero attached hydrogens (tertiary/aromatic N) is 1. The van der Waals surface area contributed by atoms with Crippen LogP contribution in [0.15, 0.2) is 24.3 Å². The Morgan fingerprint density at radius 1 is 0.478 bits per heavy atom. The number of unbranched alkanes of at least 4 members (excludes halogenated alkanes) is 24. The third kappa shape index (κ3) is 36.7. The molecule has 0 rings (SSSR count). The first kappa shape index (κ1) is 45.8. The maximum atomic E-state index is 6.36. The van der Waals surface area contributed by atoms with Crippen molar-refractivity contribution in [2.24, 2.45) is 0 Å². The van der Waals surface area contributed by atoms with Crippen LogP contribution >= 0.6 is 15.9 Å². The second-order valence-corrected chi connectivity index (χ2v) is 15.2. The summed E-state index contributed by atoms with van der Waals surface area (Å²) >= 11 is 3.68. The Hall–Kier alpha value is -0.160. The standard InChI is InChI=1S/C42H83BrNO2/c1-5-7-9-11-13-15-17-19-21-23-25-27-29-31-33-35-37-45-40-42(39-44(3,4)41-43)46-38-36-34-32-30-28-26-24-22-20-18-16-14-12-10-8-6-2/h19-22,42H,5-18,23-41H2,1-4H3/q+1/b21-19-,22-20-. The molecule has 0 saturated carbocycles. The molecule has 0 heterocycles. The van der Waals surface area contributed by atoms with Crippen molar-refractivity contribution in [2.45, 2.75) is 200 Å². The molecular formula is C42H83BrNO2+. The van der Waals surface area contributed by atoms with E-state index in [0.717, 1.165) is 36.3 Å². The smallest absolute Gasteiger partial charge is 0.134 e. The minimum atomic E-state index is 0.185. The maximum Gasteiger partial charge on any atom is 0.134 e. The van der Waals surface area contributed by atoms with E-state index < -0.39 is 0 Å². The lowest BCUT2D eigenvalue weighted by Crippen LogP contribution is -2.46. The van der Waals surface area contributed by atoms with Crippen molar-refractivity contribution < 1.29 is 14.0 Å². The molecule has 274 valence electrons. The summed E-state index contributed by atoms with van der Waals surface area (Å²) in [7, 11) is 4.53. The SMILES string of the molecule is CCCCCCCC/C=C\CCCCCCCCOCC(C[N+](C)(C)CBr)OCCCCCCCC/C=C\CCCCCCCC. The minimum Gasteiger partial charge on any atom is -0.379 e. The lowest BCUT2D eigenvalue weighted by Gasteiger charge is -2.31. The molecule has 4 heteroatoms. The van der Waals surface area contributed by atoms with Gasteiger partial charge in [-0.2, -0.15) is 0 Å². The number of hydrogen-bond acceptors (Lipinski definition) is 2. The van der Waals surface area contributed by atoms with E-state index in [0.29, 0.717) is 0 Å². The molecule has 1 unspecified atom stereocenters. The molecule has 46 heavy (non-hydrogen) atoms. The van der Waals surface area contributed by atoms with E-state index in [4.69, 9.17) is 9.47 Å². The number of rotatable bonds is 38. The predicted molar refractivity (Wildman–Crippen MR) is 210 cm³/mol. The molecule has 0 fully saturated rings. The molecule has 0 N–H and O–H groups in total. The van der Waals surface area contributed by atoms with Crippen LogP contribution in [0.4, 0.5) is 0 Å². The zero-order valence-electron chi connectivity index (χ0n) is 31.9. The van der Waals surface area contributed by atoms with Gasteiger partial charge >= 0.3 is 0 Å². The van der Waals surface area contributed by atoms with Crippen LogP contribution < -0.4 is 0 Å². The summed E-state index contributed by atoms with van der Waals surface area (Å²) in [5.74, 6) is 0. The highest BCUT2D eigenvalue weighted by Crippen LogP contribution is 2.13. The molecule has 3 nitrogen and oxygen atoms in total. The highest BCUT2D eigenvalue weighted by molar-refractivity contribution is 9.09. The van der Waals surface area contributed by atoms with Gasteiger partial charge in [-0.25, -0.2) is 0 Å². The van der Waals surface area contributed by atoms with E-state index in [1.54, 1.807) is 0 Å².